The van der Waals surface area contributed by atoms with Gasteiger partial charge in [-0.3, -0.25) is 4.99 Å². The highest BCUT2D eigenvalue weighted by atomic mass is 16.5. The van der Waals surface area contributed by atoms with Gasteiger partial charge in [-0.2, -0.15) is 0 Å². The summed E-state index contributed by atoms with van der Waals surface area (Å²) < 4.78 is 5.24. The van der Waals surface area contributed by atoms with Gasteiger partial charge in [-0.1, -0.05) is 30.3 Å². The van der Waals surface area contributed by atoms with Crippen molar-refractivity contribution in [3.8, 4) is 11.6 Å². The first-order chi connectivity index (χ1) is 10.7. The molecule has 0 bridgehead atoms. The Morgan fingerprint density at radius 3 is 2.68 bits per heavy atom. The number of methoxy groups -OCH3 is 1. The number of aliphatic imine (C=N–C) groups is 1. The number of fused-ring (bicyclic) bond motifs is 1. The molecular formula is C18H18N2O2. The summed E-state index contributed by atoms with van der Waals surface area (Å²) in [5.74, 6) is 0.865. The van der Waals surface area contributed by atoms with Crippen molar-refractivity contribution in [3.05, 3.63) is 59.7 Å². The predicted octanol–water partition coefficient (Wildman–Crippen LogP) is 4.06. The van der Waals surface area contributed by atoms with Crippen molar-refractivity contribution in [1.29, 1.82) is 0 Å². The zero-order valence-corrected chi connectivity index (χ0v) is 12.6. The average molecular weight is 294 g/mol. The molecule has 2 N–H and O–H groups in total. The summed E-state index contributed by atoms with van der Waals surface area (Å²) in [4.78, 5) is 7.51. The molecule has 1 aromatic heterocycles. The van der Waals surface area contributed by atoms with Crippen LogP contribution in [-0.4, -0.2) is 23.4 Å². The molecule has 0 spiro atoms. The van der Waals surface area contributed by atoms with E-state index >= 15 is 0 Å². The highest BCUT2D eigenvalue weighted by Gasteiger charge is 2.10. The molecule has 0 amide bonds. The molecule has 1 heterocycles. The molecule has 0 radical (unpaired) electrons. The molecule has 0 saturated heterocycles. The van der Waals surface area contributed by atoms with Crippen LogP contribution >= 0.6 is 0 Å². The van der Waals surface area contributed by atoms with Gasteiger partial charge in [0.25, 0.3) is 0 Å². The highest BCUT2D eigenvalue weighted by molar-refractivity contribution is 6.02. The summed E-state index contributed by atoms with van der Waals surface area (Å²) in [6.07, 6.45) is 1.71. The minimum absolute atomic E-state index is 0.0242. The Balaban J connectivity index is 1.96. The number of rotatable bonds is 4. The van der Waals surface area contributed by atoms with Crippen molar-refractivity contribution < 1.29 is 9.84 Å². The number of aromatic hydroxyl groups is 1. The molecule has 0 aliphatic rings. The van der Waals surface area contributed by atoms with Gasteiger partial charge < -0.3 is 14.8 Å². The second-order valence-electron chi connectivity index (χ2n) is 5.16. The molecule has 0 aliphatic carbocycles. The monoisotopic (exact) mass is 294 g/mol. The second-order valence-corrected chi connectivity index (χ2v) is 5.16. The first-order valence-corrected chi connectivity index (χ1v) is 7.16. The number of benzene rings is 2. The Labute approximate surface area is 129 Å². The van der Waals surface area contributed by atoms with Crippen LogP contribution in [0.5, 0.6) is 11.6 Å². The van der Waals surface area contributed by atoms with E-state index in [2.05, 4.69) is 9.98 Å². The SMILES string of the molecule is COc1ccc2[nH]c(O)c(C=NC(C)c3ccccc3)c2c1. The van der Waals surface area contributed by atoms with E-state index in [1.165, 1.54) is 0 Å². The summed E-state index contributed by atoms with van der Waals surface area (Å²) >= 11 is 0. The number of nitrogens with one attached hydrogen (secondary N) is 1. The topological polar surface area (TPSA) is 57.6 Å². The van der Waals surface area contributed by atoms with Crippen molar-refractivity contribution in [3.63, 3.8) is 0 Å². The lowest BCUT2D eigenvalue weighted by molar-refractivity contribution is 0.415. The summed E-state index contributed by atoms with van der Waals surface area (Å²) in [5, 5.41) is 11.0. The van der Waals surface area contributed by atoms with E-state index in [1.54, 1.807) is 13.3 Å². The third-order valence-corrected chi connectivity index (χ3v) is 3.73. The van der Waals surface area contributed by atoms with Gasteiger partial charge in [0.15, 0.2) is 5.88 Å². The fourth-order valence-corrected chi connectivity index (χ4v) is 2.44. The van der Waals surface area contributed by atoms with Crippen LogP contribution in [0.1, 0.15) is 24.1 Å². The Morgan fingerprint density at radius 1 is 1.18 bits per heavy atom. The van der Waals surface area contributed by atoms with Crippen molar-refractivity contribution in [1.82, 2.24) is 4.98 Å². The minimum atomic E-state index is 0.0242. The van der Waals surface area contributed by atoms with E-state index in [1.807, 2.05) is 55.5 Å². The van der Waals surface area contributed by atoms with Gasteiger partial charge in [0.05, 0.1) is 18.7 Å². The van der Waals surface area contributed by atoms with Crippen molar-refractivity contribution in [2.45, 2.75) is 13.0 Å². The normalized spacial score (nSPS) is 12.8. The van der Waals surface area contributed by atoms with Crippen LogP contribution in [0.4, 0.5) is 0 Å². The molecule has 3 aromatic rings. The number of aromatic amines is 1. The number of hydrogen-bond donors (Lipinski definition) is 2. The van der Waals surface area contributed by atoms with Gasteiger partial charge in [0.2, 0.25) is 0 Å². The Morgan fingerprint density at radius 2 is 1.95 bits per heavy atom. The van der Waals surface area contributed by atoms with Crippen molar-refractivity contribution in [2.24, 2.45) is 4.99 Å². The molecule has 3 rings (SSSR count). The molecular weight excluding hydrogens is 276 g/mol. The van der Waals surface area contributed by atoms with Crippen LogP contribution < -0.4 is 4.74 Å². The van der Waals surface area contributed by atoms with Crippen molar-refractivity contribution >= 4 is 17.1 Å². The lowest BCUT2D eigenvalue weighted by Crippen LogP contribution is -1.90. The second kappa shape index (κ2) is 5.93. The average Bonchev–Trinajstić information content (AvgIpc) is 2.87. The molecule has 0 fully saturated rings. The highest BCUT2D eigenvalue weighted by Crippen LogP contribution is 2.29. The minimum Gasteiger partial charge on any atom is -0.497 e. The standard InChI is InChI=1S/C18H18N2O2/c1-12(13-6-4-3-5-7-13)19-11-16-15-10-14(22-2)8-9-17(15)20-18(16)21/h3-12,20-21H,1-2H3. The molecule has 22 heavy (non-hydrogen) atoms. The maximum Gasteiger partial charge on any atom is 0.198 e. The van der Waals surface area contributed by atoms with E-state index < -0.39 is 0 Å². The molecule has 1 unspecified atom stereocenters. The third-order valence-electron chi connectivity index (χ3n) is 3.73. The van der Waals surface area contributed by atoms with Crippen LogP contribution in [0.25, 0.3) is 10.9 Å². The predicted molar refractivity (Wildman–Crippen MR) is 89.0 cm³/mol. The first kappa shape index (κ1) is 14.2. The maximum atomic E-state index is 10.1. The Bertz CT molecular complexity index is 807. The van der Waals surface area contributed by atoms with Gasteiger partial charge in [0, 0.05) is 17.1 Å². The van der Waals surface area contributed by atoms with Crippen LogP contribution in [0, 0.1) is 0 Å². The quantitative estimate of drug-likeness (QED) is 0.713. The molecule has 0 saturated carbocycles. The molecule has 4 heteroatoms. The molecule has 0 aliphatic heterocycles. The zero-order valence-electron chi connectivity index (χ0n) is 12.6. The smallest absolute Gasteiger partial charge is 0.198 e. The van der Waals surface area contributed by atoms with E-state index in [0.29, 0.717) is 5.56 Å². The Hall–Kier alpha value is -2.75. The van der Waals surface area contributed by atoms with Crippen LogP contribution in [0.2, 0.25) is 0 Å². The Kier molecular flexibility index (Phi) is 3.83. The molecule has 4 nitrogen and oxygen atoms in total. The van der Waals surface area contributed by atoms with Crippen LogP contribution in [-0.2, 0) is 0 Å². The molecule has 112 valence electrons. The van der Waals surface area contributed by atoms with Crippen molar-refractivity contribution in [2.75, 3.05) is 7.11 Å². The number of hydrogen-bond acceptors (Lipinski definition) is 3. The van der Waals surface area contributed by atoms with E-state index in [4.69, 9.17) is 4.74 Å². The molecule has 2 aromatic carbocycles. The number of ether oxygens (including phenoxy) is 1. The van der Waals surface area contributed by atoms with Gasteiger partial charge in [0.1, 0.15) is 5.75 Å². The van der Waals surface area contributed by atoms with Gasteiger partial charge >= 0.3 is 0 Å². The lowest BCUT2D eigenvalue weighted by atomic mass is 10.1. The summed E-state index contributed by atoms with van der Waals surface area (Å²) in [5.41, 5.74) is 2.67. The number of H-pyrrole nitrogens is 1. The number of aromatic nitrogens is 1. The summed E-state index contributed by atoms with van der Waals surface area (Å²) in [6.45, 7) is 2.03. The van der Waals surface area contributed by atoms with Gasteiger partial charge in [-0.05, 0) is 30.7 Å². The summed E-state index contributed by atoms with van der Waals surface area (Å²) in [7, 11) is 1.62. The lowest BCUT2D eigenvalue weighted by Gasteiger charge is -2.05. The fraction of sp³-hybridized carbons (Fsp3) is 0.167. The van der Waals surface area contributed by atoms with Gasteiger partial charge in [-0.25, -0.2) is 0 Å². The zero-order chi connectivity index (χ0) is 15.5. The molecule has 1 atom stereocenters. The van der Waals surface area contributed by atoms with E-state index in [9.17, 15) is 5.11 Å². The maximum absolute atomic E-state index is 10.1. The third kappa shape index (κ3) is 2.68. The first-order valence-electron chi connectivity index (χ1n) is 7.16. The van der Waals surface area contributed by atoms with Crippen LogP contribution in [0.3, 0.4) is 0 Å². The fourth-order valence-electron chi connectivity index (χ4n) is 2.44. The van der Waals surface area contributed by atoms with E-state index in [0.717, 1.165) is 22.2 Å². The van der Waals surface area contributed by atoms with E-state index in [-0.39, 0.29) is 11.9 Å². The van der Waals surface area contributed by atoms with Crippen LogP contribution in [0.15, 0.2) is 53.5 Å². The largest absolute Gasteiger partial charge is 0.497 e. The van der Waals surface area contributed by atoms with Gasteiger partial charge in [-0.15, -0.1) is 0 Å². The summed E-state index contributed by atoms with van der Waals surface area (Å²) in [6, 6.07) is 15.7. The number of nitrogens with zero attached hydrogens (tertiary/aromatic N) is 1.